The first-order valence-corrected chi connectivity index (χ1v) is 11.3. The minimum Gasteiger partial charge on any atom is -0.453 e. The third kappa shape index (κ3) is 3.38. The van der Waals surface area contributed by atoms with E-state index in [-0.39, 0.29) is 23.8 Å². The van der Waals surface area contributed by atoms with Gasteiger partial charge in [0, 0.05) is 35.8 Å². The summed E-state index contributed by atoms with van der Waals surface area (Å²) in [4.78, 5) is 33.0. The Morgan fingerprint density at radius 2 is 2.21 bits per heavy atom. The van der Waals surface area contributed by atoms with Crippen LogP contribution in [-0.2, 0) is 21.4 Å². The lowest BCUT2D eigenvalue weighted by molar-refractivity contribution is -0.118. The van der Waals surface area contributed by atoms with Gasteiger partial charge in [-0.15, -0.1) is 23.1 Å². The van der Waals surface area contributed by atoms with Crippen molar-refractivity contribution in [1.29, 1.82) is 0 Å². The van der Waals surface area contributed by atoms with E-state index in [0.717, 1.165) is 26.9 Å². The van der Waals surface area contributed by atoms with Crippen LogP contribution in [0.1, 0.15) is 17.0 Å². The zero-order valence-electron chi connectivity index (χ0n) is 15.6. The number of thioether (sulfide) groups is 1. The average Bonchev–Trinajstić information content (AvgIpc) is 3.40. The Hall–Kier alpha value is -1.77. The predicted octanol–water partition coefficient (Wildman–Crippen LogP) is 3.82. The van der Waals surface area contributed by atoms with E-state index in [1.807, 2.05) is 35.6 Å². The van der Waals surface area contributed by atoms with E-state index in [0.29, 0.717) is 24.7 Å². The second kappa shape index (κ2) is 7.57. The number of methoxy groups -OCH3 is 1. The van der Waals surface area contributed by atoms with Gasteiger partial charge in [0.05, 0.1) is 23.9 Å². The molecule has 0 saturated carbocycles. The van der Waals surface area contributed by atoms with Crippen LogP contribution in [0.3, 0.4) is 0 Å². The molecular formula is C19H20ClN3O3S2. The van der Waals surface area contributed by atoms with Crippen LogP contribution in [-0.4, -0.2) is 54.9 Å². The summed E-state index contributed by atoms with van der Waals surface area (Å²) >= 11 is 9.44. The quantitative estimate of drug-likeness (QED) is 0.683. The number of benzene rings is 1. The molecule has 2 aromatic rings. The molecule has 1 atom stereocenters. The largest absolute Gasteiger partial charge is 0.453 e. The molecule has 1 spiro atoms. The molecule has 3 heterocycles. The number of hydrogen-bond acceptors (Lipinski definition) is 6. The van der Waals surface area contributed by atoms with Crippen molar-refractivity contribution in [2.75, 3.05) is 37.9 Å². The van der Waals surface area contributed by atoms with Crippen LogP contribution in [0.2, 0.25) is 5.02 Å². The number of fused-ring (bicyclic) bond motifs is 2. The number of ether oxygens (including phenoxy) is 1. The molecule has 6 nitrogen and oxygen atoms in total. The van der Waals surface area contributed by atoms with Crippen molar-refractivity contribution in [3.8, 4) is 0 Å². The molecule has 0 radical (unpaired) electrons. The molecule has 0 aliphatic carbocycles. The maximum Gasteiger partial charge on any atom is 0.409 e. The number of nitrogens with zero attached hydrogens (tertiary/aromatic N) is 3. The van der Waals surface area contributed by atoms with Crippen LogP contribution < -0.4 is 4.90 Å². The van der Waals surface area contributed by atoms with E-state index < -0.39 is 0 Å². The van der Waals surface area contributed by atoms with Crippen molar-refractivity contribution in [1.82, 2.24) is 9.88 Å². The highest BCUT2D eigenvalue weighted by molar-refractivity contribution is 8.00. The SMILES string of the molecule is COC(=O)N1CCC2(C1)CN(C(=O)Cc1ncc(SC)s1)c1ccc(Cl)cc12. The van der Waals surface area contributed by atoms with Gasteiger partial charge in [0.25, 0.3) is 0 Å². The minimum atomic E-state index is -0.336. The van der Waals surface area contributed by atoms with E-state index in [1.54, 1.807) is 28.0 Å². The van der Waals surface area contributed by atoms with Crippen molar-refractivity contribution in [3.05, 3.63) is 40.0 Å². The molecule has 9 heteroatoms. The second-order valence-corrected chi connectivity index (χ2v) is 9.68. The summed E-state index contributed by atoms with van der Waals surface area (Å²) in [5, 5.41) is 1.45. The molecule has 2 aliphatic rings. The average molecular weight is 438 g/mol. The number of anilines is 1. The number of amides is 2. The molecule has 1 aromatic heterocycles. The lowest BCUT2D eigenvalue weighted by Crippen LogP contribution is -2.40. The Kier molecular flexibility index (Phi) is 5.28. The zero-order valence-corrected chi connectivity index (χ0v) is 18.0. The molecule has 2 aliphatic heterocycles. The second-order valence-electron chi connectivity index (χ2n) is 7.02. The van der Waals surface area contributed by atoms with Crippen LogP contribution in [0.4, 0.5) is 10.5 Å². The van der Waals surface area contributed by atoms with E-state index in [2.05, 4.69) is 4.98 Å². The fourth-order valence-corrected chi connectivity index (χ4v) is 5.66. The highest BCUT2D eigenvalue weighted by Gasteiger charge is 2.50. The first kappa shape index (κ1) is 19.5. The van der Waals surface area contributed by atoms with Gasteiger partial charge in [-0.3, -0.25) is 4.79 Å². The number of aromatic nitrogens is 1. The molecular weight excluding hydrogens is 418 g/mol. The molecule has 148 valence electrons. The summed E-state index contributed by atoms with van der Waals surface area (Å²) in [7, 11) is 1.39. The number of halogens is 1. The third-order valence-corrected chi connectivity index (χ3v) is 7.69. The Labute approximate surface area is 176 Å². The maximum atomic E-state index is 13.1. The predicted molar refractivity (Wildman–Crippen MR) is 112 cm³/mol. The van der Waals surface area contributed by atoms with Crippen LogP contribution in [0.15, 0.2) is 28.6 Å². The first-order valence-electron chi connectivity index (χ1n) is 8.88. The van der Waals surface area contributed by atoms with Gasteiger partial charge in [-0.1, -0.05) is 11.6 Å². The number of rotatable bonds is 3. The van der Waals surface area contributed by atoms with Gasteiger partial charge in [-0.2, -0.15) is 0 Å². The molecule has 1 unspecified atom stereocenters. The normalized spacial score (nSPS) is 20.7. The molecule has 28 heavy (non-hydrogen) atoms. The maximum absolute atomic E-state index is 13.1. The van der Waals surface area contributed by atoms with Gasteiger partial charge in [0.1, 0.15) is 5.01 Å². The van der Waals surface area contributed by atoms with E-state index >= 15 is 0 Å². The van der Waals surface area contributed by atoms with Crippen LogP contribution in [0, 0.1) is 0 Å². The summed E-state index contributed by atoms with van der Waals surface area (Å²) < 4.78 is 5.98. The molecule has 0 bridgehead atoms. The monoisotopic (exact) mass is 437 g/mol. The van der Waals surface area contributed by atoms with Gasteiger partial charge in [-0.25, -0.2) is 9.78 Å². The van der Waals surface area contributed by atoms with Gasteiger partial charge >= 0.3 is 6.09 Å². The van der Waals surface area contributed by atoms with Crippen molar-refractivity contribution in [2.24, 2.45) is 0 Å². The summed E-state index contributed by atoms with van der Waals surface area (Å²) in [6, 6.07) is 5.64. The number of thiazole rings is 1. The summed E-state index contributed by atoms with van der Waals surface area (Å²) in [5.74, 6) is 0.0129. The van der Waals surface area contributed by atoms with Gasteiger partial charge in [0.15, 0.2) is 0 Å². The standard InChI is InChI=1S/C19H20ClN3O3S2/c1-26-18(25)22-6-5-19(10-22)11-23(14-4-3-12(20)7-13(14)19)16(24)8-15-21-9-17(27-2)28-15/h3-4,7,9H,5-6,8,10-11H2,1-2H3. The lowest BCUT2D eigenvalue weighted by Gasteiger charge is -2.25. The summed E-state index contributed by atoms with van der Waals surface area (Å²) in [6.45, 7) is 1.66. The van der Waals surface area contributed by atoms with Crippen LogP contribution in [0.25, 0.3) is 0 Å². The number of hydrogen-bond donors (Lipinski definition) is 0. The zero-order chi connectivity index (χ0) is 19.9. The lowest BCUT2D eigenvalue weighted by atomic mass is 9.81. The first-order chi connectivity index (χ1) is 13.5. The highest BCUT2D eigenvalue weighted by atomic mass is 35.5. The number of likely N-dealkylation sites (tertiary alicyclic amines) is 1. The van der Waals surface area contributed by atoms with Gasteiger partial charge in [0.2, 0.25) is 5.91 Å². The van der Waals surface area contributed by atoms with Crippen molar-refractivity contribution >= 4 is 52.4 Å². The van der Waals surface area contributed by atoms with Crippen LogP contribution in [0.5, 0.6) is 0 Å². The fraction of sp³-hybridized carbons (Fsp3) is 0.421. The van der Waals surface area contributed by atoms with E-state index in [1.165, 1.54) is 7.11 Å². The molecule has 4 rings (SSSR count). The third-order valence-electron chi connectivity index (χ3n) is 5.41. The minimum absolute atomic E-state index is 0.0129. The van der Waals surface area contributed by atoms with Crippen molar-refractivity contribution in [2.45, 2.75) is 22.5 Å². The Morgan fingerprint density at radius 3 is 2.93 bits per heavy atom. The summed E-state index contributed by atoms with van der Waals surface area (Å²) in [5.41, 5.74) is 1.60. The van der Waals surface area contributed by atoms with Gasteiger partial charge < -0.3 is 14.5 Å². The smallest absolute Gasteiger partial charge is 0.409 e. The summed E-state index contributed by atoms with van der Waals surface area (Å²) in [6.07, 6.45) is 4.51. The molecule has 1 fully saturated rings. The number of carbonyl (C=O) groups excluding carboxylic acids is 2. The van der Waals surface area contributed by atoms with E-state index in [9.17, 15) is 9.59 Å². The molecule has 0 N–H and O–H groups in total. The molecule has 2 amide bonds. The topological polar surface area (TPSA) is 62.7 Å². The molecule has 1 saturated heterocycles. The highest BCUT2D eigenvalue weighted by Crippen LogP contribution is 2.47. The number of carbonyl (C=O) groups is 2. The molecule has 1 aromatic carbocycles. The van der Waals surface area contributed by atoms with Gasteiger partial charge in [-0.05, 0) is 36.4 Å². The van der Waals surface area contributed by atoms with Crippen molar-refractivity contribution in [3.63, 3.8) is 0 Å². The fourth-order valence-electron chi connectivity index (χ4n) is 4.06. The van der Waals surface area contributed by atoms with E-state index in [4.69, 9.17) is 16.3 Å². The Bertz CT molecular complexity index is 935. The van der Waals surface area contributed by atoms with Crippen LogP contribution >= 0.6 is 34.7 Å². The van der Waals surface area contributed by atoms with Crippen molar-refractivity contribution < 1.29 is 14.3 Å². The Balaban J connectivity index is 1.62. The Morgan fingerprint density at radius 1 is 1.39 bits per heavy atom.